The van der Waals surface area contributed by atoms with Crippen LogP contribution in [0.1, 0.15) is 61.8 Å². The molecule has 0 saturated carbocycles. The lowest BCUT2D eigenvalue weighted by Crippen LogP contribution is -2.37. The van der Waals surface area contributed by atoms with Crippen LogP contribution in [0.5, 0.6) is 0 Å². The Hall–Kier alpha value is -1.56. The fourth-order valence-electron chi connectivity index (χ4n) is 4.24. The van der Waals surface area contributed by atoms with E-state index < -0.39 is 16.1 Å². The summed E-state index contributed by atoms with van der Waals surface area (Å²) < 4.78 is 26.6. The molecule has 2 amide bonds. The molecule has 0 heterocycles. The minimum absolute atomic E-state index is 0.0146. The summed E-state index contributed by atoms with van der Waals surface area (Å²) >= 11 is 0. The van der Waals surface area contributed by atoms with E-state index in [0.29, 0.717) is 0 Å². The minimum Gasteiger partial charge on any atom is -0.307 e. The lowest BCUT2D eigenvalue weighted by molar-refractivity contribution is 0.256. The monoisotopic (exact) mass is 364 g/mol. The molecular formula is C19H28N2O3S. The van der Waals surface area contributed by atoms with E-state index in [1.165, 1.54) is 22.3 Å². The summed E-state index contributed by atoms with van der Waals surface area (Å²) in [6, 6.07) is 1.66. The Morgan fingerprint density at radius 3 is 2.28 bits per heavy atom. The van der Waals surface area contributed by atoms with Crippen molar-refractivity contribution in [3.8, 4) is 0 Å². The number of carbonyl (C=O) groups excluding carboxylic acids is 1. The zero-order valence-corrected chi connectivity index (χ0v) is 16.0. The van der Waals surface area contributed by atoms with E-state index in [4.69, 9.17) is 0 Å². The molecule has 2 aliphatic carbocycles. The van der Waals surface area contributed by atoms with E-state index in [2.05, 4.69) is 16.1 Å². The maximum Gasteiger partial charge on any atom is 0.332 e. The molecule has 1 atom stereocenters. The molecule has 0 saturated heterocycles. The Kier molecular flexibility index (Phi) is 5.37. The van der Waals surface area contributed by atoms with Gasteiger partial charge in [-0.25, -0.2) is 17.9 Å². The van der Waals surface area contributed by atoms with Gasteiger partial charge in [0, 0.05) is 5.69 Å². The van der Waals surface area contributed by atoms with Gasteiger partial charge >= 0.3 is 6.03 Å². The normalized spacial score (nSPS) is 17.0. The van der Waals surface area contributed by atoms with Gasteiger partial charge in [0.05, 0.1) is 5.75 Å². The van der Waals surface area contributed by atoms with Gasteiger partial charge in [0.2, 0.25) is 10.0 Å². The SMILES string of the molecule is CCCC(C)CS(=O)(=O)NC(=O)Nc1c2c(cc3c1CCC3)CCC2. The predicted octanol–water partition coefficient (Wildman–Crippen LogP) is 3.55. The number of hydrogen-bond acceptors (Lipinski definition) is 3. The quantitative estimate of drug-likeness (QED) is 0.810. The summed E-state index contributed by atoms with van der Waals surface area (Å²) in [5.41, 5.74) is 5.91. The van der Waals surface area contributed by atoms with E-state index in [9.17, 15) is 13.2 Å². The number of nitrogens with one attached hydrogen (secondary N) is 2. The van der Waals surface area contributed by atoms with Gasteiger partial charge in [-0.05, 0) is 73.1 Å². The van der Waals surface area contributed by atoms with Crippen LogP contribution in [0.2, 0.25) is 0 Å². The highest BCUT2D eigenvalue weighted by Crippen LogP contribution is 2.38. The number of sulfonamides is 1. The van der Waals surface area contributed by atoms with Gasteiger partial charge in [-0.15, -0.1) is 0 Å². The molecule has 2 aliphatic rings. The molecule has 0 radical (unpaired) electrons. The lowest BCUT2D eigenvalue weighted by Gasteiger charge is -2.17. The van der Waals surface area contributed by atoms with E-state index in [0.717, 1.165) is 57.1 Å². The molecular weight excluding hydrogens is 336 g/mol. The van der Waals surface area contributed by atoms with Crippen molar-refractivity contribution in [2.75, 3.05) is 11.1 Å². The van der Waals surface area contributed by atoms with Gasteiger partial charge in [-0.2, -0.15) is 0 Å². The van der Waals surface area contributed by atoms with E-state index in [-0.39, 0.29) is 11.7 Å². The lowest BCUT2D eigenvalue weighted by atomic mass is 9.99. The van der Waals surface area contributed by atoms with Crippen molar-refractivity contribution in [1.29, 1.82) is 0 Å². The summed E-state index contributed by atoms with van der Waals surface area (Å²) in [7, 11) is -3.61. The smallest absolute Gasteiger partial charge is 0.307 e. The van der Waals surface area contributed by atoms with Crippen LogP contribution >= 0.6 is 0 Å². The molecule has 25 heavy (non-hydrogen) atoms. The summed E-state index contributed by atoms with van der Waals surface area (Å²) in [4.78, 5) is 12.4. The van der Waals surface area contributed by atoms with Gasteiger partial charge in [-0.1, -0.05) is 26.3 Å². The zero-order chi connectivity index (χ0) is 18.0. The van der Waals surface area contributed by atoms with Crippen LogP contribution in [0.15, 0.2) is 6.07 Å². The second-order valence-electron chi connectivity index (χ2n) is 7.47. The van der Waals surface area contributed by atoms with Crippen molar-refractivity contribution in [2.24, 2.45) is 5.92 Å². The van der Waals surface area contributed by atoms with Gasteiger partial charge in [0.15, 0.2) is 0 Å². The average molecular weight is 365 g/mol. The molecule has 5 nitrogen and oxygen atoms in total. The van der Waals surface area contributed by atoms with Crippen molar-refractivity contribution in [3.05, 3.63) is 28.3 Å². The van der Waals surface area contributed by atoms with Gasteiger partial charge in [-0.3, -0.25) is 0 Å². The molecule has 1 unspecified atom stereocenters. The Balaban J connectivity index is 1.74. The first-order valence-corrected chi connectivity index (χ1v) is 11.0. The van der Waals surface area contributed by atoms with Gasteiger partial charge in [0.25, 0.3) is 0 Å². The molecule has 0 aliphatic heterocycles. The highest BCUT2D eigenvalue weighted by molar-refractivity contribution is 7.90. The van der Waals surface area contributed by atoms with Crippen LogP contribution in [0.4, 0.5) is 10.5 Å². The van der Waals surface area contributed by atoms with Crippen LogP contribution in [0.3, 0.4) is 0 Å². The van der Waals surface area contributed by atoms with Crippen LogP contribution in [0.25, 0.3) is 0 Å². The number of hydrogen-bond donors (Lipinski definition) is 2. The third-order valence-electron chi connectivity index (χ3n) is 5.25. The molecule has 138 valence electrons. The molecule has 6 heteroatoms. The molecule has 0 fully saturated rings. The molecule has 0 bridgehead atoms. The number of rotatable bonds is 6. The second-order valence-corrected chi connectivity index (χ2v) is 9.23. The van der Waals surface area contributed by atoms with Gasteiger partial charge < -0.3 is 5.32 Å². The number of carbonyl (C=O) groups is 1. The van der Waals surface area contributed by atoms with Crippen molar-refractivity contribution in [3.63, 3.8) is 0 Å². The third kappa shape index (κ3) is 4.17. The van der Waals surface area contributed by atoms with Crippen molar-refractivity contribution < 1.29 is 13.2 Å². The molecule has 2 N–H and O–H groups in total. The number of benzene rings is 1. The highest BCUT2D eigenvalue weighted by atomic mass is 32.2. The number of urea groups is 1. The van der Waals surface area contributed by atoms with E-state index >= 15 is 0 Å². The number of amides is 2. The standard InChI is InChI=1S/C19H28N2O3S/c1-3-6-13(2)12-25(23,24)21-19(22)20-18-16-9-4-7-14(16)11-15-8-5-10-17(15)18/h11,13H,3-10,12H2,1-2H3,(H2,20,21,22). The number of anilines is 1. The van der Waals surface area contributed by atoms with Crippen molar-refractivity contribution in [1.82, 2.24) is 4.72 Å². The Bertz CT molecular complexity index is 739. The summed E-state index contributed by atoms with van der Waals surface area (Å²) in [5, 5.41) is 2.87. The summed E-state index contributed by atoms with van der Waals surface area (Å²) in [6.45, 7) is 3.93. The first-order chi connectivity index (χ1) is 11.9. The Morgan fingerprint density at radius 2 is 1.72 bits per heavy atom. The van der Waals surface area contributed by atoms with Crippen LogP contribution in [-0.2, 0) is 35.7 Å². The maximum absolute atomic E-state index is 12.4. The predicted molar refractivity (Wildman–Crippen MR) is 101 cm³/mol. The fraction of sp³-hybridized carbons (Fsp3) is 0.632. The van der Waals surface area contributed by atoms with Gasteiger partial charge in [0.1, 0.15) is 0 Å². The molecule has 1 aromatic carbocycles. The first kappa shape index (κ1) is 18.2. The second kappa shape index (κ2) is 7.36. The maximum atomic E-state index is 12.4. The van der Waals surface area contributed by atoms with E-state index in [1.807, 2.05) is 13.8 Å². The molecule has 0 aromatic heterocycles. The number of aryl methyl sites for hydroxylation is 2. The van der Waals surface area contributed by atoms with E-state index in [1.54, 1.807) is 0 Å². The number of fused-ring (bicyclic) bond motifs is 2. The summed E-state index contributed by atoms with van der Waals surface area (Å²) in [6.07, 6.45) is 7.98. The van der Waals surface area contributed by atoms with Crippen LogP contribution in [-0.4, -0.2) is 20.2 Å². The van der Waals surface area contributed by atoms with Crippen molar-refractivity contribution >= 4 is 21.7 Å². The largest absolute Gasteiger partial charge is 0.332 e. The Morgan fingerprint density at radius 1 is 1.12 bits per heavy atom. The summed E-state index contributed by atoms with van der Waals surface area (Å²) in [5.74, 6) is 0.0275. The molecule has 3 rings (SSSR count). The topological polar surface area (TPSA) is 75.3 Å². The molecule has 1 aromatic rings. The van der Waals surface area contributed by atoms with Crippen LogP contribution in [0, 0.1) is 5.92 Å². The minimum atomic E-state index is -3.61. The average Bonchev–Trinajstić information content (AvgIpc) is 3.14. The van der Waals surface area contributed by atoms with Crippen molar-refractivity contribution in [2.45, 2.75) is 65.2 Å². The fourth-order valence-corrected chi connectivity index (χ4v) is 5.57. The third-order valence-corrected chi connectivity index (χ3v) is 6.75. The Labute approximate surface area is 150 Å². The van der Waals surface area contributed by atoms with Crippen LogP contribution < -0.4 is 10.0 Å². The first-order valence-electron chi connectivity index (χ1n) is 9.37. The highest BCUT2D eigenvalue weighted by Gasteiger charge is 2.26. The molecule has 0 spiro atoms. The zero-order valence-electron chi connectivity index (χ0n) is 15.2.